The minimum Gasteiger partial charge on any atom is -0.480 e. The molecule has 0 bridgehead atoms. The number of benzene rings is 1. The highest BCUT2D eigenvalue weighted by atomic mass is 16.6. The number of likely N-dealkylation sites (tertiary alicyclic amines) is 1. The van der Waals surface area contributed by atoms with Crippen molar-refractivity contribution in [3.8, 4) is 0 Å². The van der Waals surface area contributed by atoms with Gasteiger partial charge < -0.3 is 15.2 Å². The first kappa shape index (κ1) is 18.9. The van der Waals surface area contributed by atoms with E-state index in [-0.39, 0.29) is 6.04 Å². The van der Waals surface area contributed by atoms with E-state index in [9.17, 15) is 14.7 Å². The molecule has 1 aromatic carbocycles. The Hall–Kier alpha value is -1.92. The number of carboxylic acid groups (broad SMARTS) is 1. The summed E-state index contributed by atoms with van der Waals surface area (Å²) in [6, 6.07) is 8.73. The fourth-order valence-corrected chi connectivity index (χ4v) is 4.34. The number of carboxylic acids is 1. The maximum absolute atomic E-state index is 13.2. The summed E-state index contributed by atoms with van der Waals surface area (Å²) in [5.41, 5.74) is -0.655. The molecular formula is C20H28N2O4. The van der Waals surface area contributed by atoms with E-state index in [1.54, 1.807) is 0 Å². The molecule has 3 atom stereocenters. The molecule has 26 heavy (non-hydrogen) atoms. The third kappa shape index (κ3) is 3.48. The van der Waals surface area contributed by atoms with Gasteiger partial charge in [-0.15, -0.1) is 0 Å². The highest BCUT2D eigenvalue weighted by Gasteiger charge is 2.62. The first-order valence-corrected chi connectivity index (χ1v) is 9.22. The summed E-state index contributed by atoms with van der Waals surface area (Å²) in [6.07, 6.45) is 1.21. The van der Waals surface area contributed by atoms with E-state index < -0.39 is 29.0 Å². The largest absolute Gasteiger partial charge is 0.480 e. The number of ether oxygens (including phenoxy) is 1. The monoisotopic (exact) mass is 360 g/mol. The van der Waals surface area contributed by atoms with Crippen LogP contribution in [0.25, 0.3) is 0 Å². The molecule has 2 aliphatic heterocycles. The lowest BCUT2D eigenvalue weighted by Crippen LogP contribution is -2.65. The molecular weight excluding hydrogens is 332 g/mol. The van der Waals surface area contributed by atoms with E-state index in [4.69, 9.17) is 4.74 Å². The van der Waals surface area contributed by atoms with Crippen LogP contribution in [0.4, 0.5) is 0 Å². The summed E-state index contributed by atoms with van der Waals surface area (Å²) in [5.74, 6) is -1.36. The summed E-state index contributed by atoms with van der Waals surface area (Å²) in [6.45, 7) is 7.23. The highest BCUT2D eigenvalue weighted by Crippen LogP contribution is 2.45. The number of aliphatic carboxylic acids is 1. The van der Waals surface area contributed by atoms with Crippen molar-refractivity contribution in [3.05, 3.63) is 35.9 Å². The minimum absolute atomic E-state index is 0.162. The summed E-state index contributed by atoms with van der Waals surface area (Å²) in [7, 11) is 0. The van der Waals surface area contributed by atoms with Gasteiger partial charge in [-0.25, -0.2) is 0 Å². The predicted octanol–water partition coefficient (Wildman–Crippen LogP) is 2.04. The second-order valence-electron chi connectivity index (χ2n) is 8.28. The number of hydrogen-bond acceptors (Lipinski definition) is 5. The number of piperidine rings is 1. The Morgan fingerprint density at radius 3 is 2.62 bits per heavy atom. The quantitative estimate of drug-likeness (QED) is 0.800. The van der Waals surface area contributed by atoms with Crippen LogP contribution in [-0.2, 0) is 20.9 Å². The van der Waals surface area contributed by atoms with Crippen LogP contribution >= 0.6 is 0 Å². The molecule has 2 saturated heterocycles. The molecule has 6 heteroatoms. The van der Waals surface area contributed by atoms with Crippen LogP contribution in [-0.4, -0.2) is 52.7 Å². The molecule has 0 spiro atoms. The summed E-state index contributed by atoms with van der Waals surface area (Å²) in [5, 5.41) is 13.4. The molecule has 3 rings (SSSR count). The van der Waals surface area contributed by atoms with Crippen molar-refractivity contribution in [2.45, 2.75) is 57.8 Å². The molecule has 2 heterocycles. The lowest BCUT2D eigenvalue weighted by molar-refractivity contribution is -0.183. The van der Waals surface area contributed by atoms with E-state index >= 15 is 0 Å². The third-order valence-electron chi connectivity index (χ3n) is 5.35. The van der Waals surface area contributed by atoms with E-state index in [2.05, 4.69) is 5.32 Å². The maximum Gasteiger partial charge on any atom is 0.322 e. The van der Waals surface area contributed by atoms with Gasteiger partial charge >= 0.3 is 11.9 Å². The minimum atomic E-state index is -1.05. The number of nitrogens with zero attached hydrogens (tertiary/aromatic N) is 1. The molecule has 0 aliphatic carbocycles. The van der Waals surface area contributed by atoms with E-state index in [0.717, 1.165) is 12.0 Å². The van der Waals surface area contributed by atoms with Gasteiger partial charge in [0.05, 0.1) is 0 Å². The Morgan fingerprint density at radius 2 is 2.00 bits per heavy atom. The van der Waals surface area contributed by atoms with Gasteiger partial charge in [0.15, 0.2) is 0 Å². The zero-order valence-corrected chi connectivity index (χ0v) is 15.7. The van der Waals surface area contributed by atoms with Gasteiger partial charge in [-0.3, -0.25) is 14.5 Å². The molecule has 0 radical (unpaired) electrons. The van der Waals surface area contributed by atoms with Crippen molar-refractivity contribution >= 4 is 11.9 Å². The molecule has 0 aromatic heterocycles. The molecule has 2 fully saturated rings. The van der Waals surface area contributed by atoms with E-state index in [1.807, 2.05) is 56.0 Å². The molecule has 2 aliphatic rings. The Kier molecular flexibility index (Phi) is 5.08. The maximum atomic E-state index is 13.2. The lowest BCUT2D eigenvalue weighted by atomic mass is 9.69. The Labute approximate surface area is 154 Å². The van der Waals surface area contributed by atoms with E-state index in [0.29, 0.717) is 26.1 Å². The second-order valence-corrected chi connectivity index (χ2v) is 8.28. The first-order valence-electron chi connectivity index (χ1n) is 9.22. The molecule has 6 nitrogen and oxygen atoms in total. The summed E-state index contributed by atoms with van der Waals surface area (Å²) in [4.78, 5) is 27.4. The smallest absolute Gasteiger partial charge is 0.322 e. The fraction of sp³-hybridized carbons (Fsp3) is 0.600. The number of esters is 1. The third-order valence-corrected chi connectivity index (χ3v) is 5.35. The van der Waals surface area contributed by atoms with Gasteiger partial charge in [0.2, 0.25) is 0 Å². The van der Waals surface area contributed by atoms with Gasteiger partial charge in [0.25, 0.3) is 0 Å². The number of fused-ring (bicyclic) bond motifs is 1. The Morgan fingerprint density at radius 1 is 1.31 bits per heavy atom. The molecule has 2 N–H and O–H groups in total. The lowest BCUT2D eigenvalue weighted by Gasteiger charge is -2.48. The van der Waals surface area contributed by atoms with Crippen LogP contribution < -0.4 is 5.32 Å². The fourth-order valence-electron chi connectivity index (χ4n) is 4.34. The van der Waals surface area contributed by atoms with Crippen LogP contribution in [0.1, 0.15) is 39.2 Å². The Bertz CT molecular complexity index is 670. The first-order chi connectivity index (χ1) is 12.2. The predicted molar refractivity (Wildman–Crippen MR) is 97.6 cm³/mol. The van der Waals surface area contributed by atoms with Gasteiger partial charge in [0, 0.05) is 19.1 Å². The number of carbonyl (C=O) groups is 2. The Balaban J connectivity index is 1.95. The van der Waals surface area contributed by atoms with Crippen LogP contribution in [0.15, 0.2) is 30.3 Å². The van der Waals surface area contributed by atoms with Crippen molar-refractivity contribution in [3.63, 3.8) is 0 Å². The number of hydrogen-bond donors (Lipinski definition) is 2. The topological polar surface area (TPSA) is 78.9 Å². The van der Waals surface area contributed by atoms with Crippen molar-refractivity contribution in [1.82, 2.24) is 10.2 Å². The van der Waals surface area contributed by atoms with Crippen molar-refractivity contribution in [2.24, 2.45) is 5.41 Å². The number of rotatable bonds is 4. The normalized spacial score (nSPS) is 29.2. The molecule has 0 unspecified atom stereocenters. The number of nitrogens with one attached hydrogen (secondary N) is 1. The van der Waals surface area contributed by atoms with Gasteiger partial charge in [-0.2, -0.15) is 0 Å². The zero-order valence-electron chi connectivity index (χ0n) is 15.7. The highest BCUT2D eigenvalue weighted by molar-refractivity contribution is 5.88. The molecule has 142 valence electrons. The average Bonchev–Trinajstić information content (AvgIpc) is 2.98. The van der Waals surface area contributed by atoms with Gasteiger partial charge in [-0.1, -0.05) is 30.3 Å². The van der Waals surface area contributed by atoms with Crippen LogP contribution in [0.3, 0.4) is 0 Å². The van der Waals surface area contributed by atoms with Crippen LogP contribution in [0, 0.1) is 5.41 Å². The molecule has 0 amide bonds. The molecule has 0 saturated carbocycles. The van der Waals surface area contributed by atoms with Crippen LogP contribution in [0.2, 0.25) is 0 Å². The van der Waals surface area contributed by atoms with Crippen LogP contribution in [0.5, 0.6) is 0 Å². The number of carbonyl (C=O) groups excluding carboxylic acids is 1. The molecule has 1 aromatic rings. The second kappa shape index (κ2) is 7.00. The van der Waals surface area contributed by atoms with Gasteiger partial charge in [-0.05, 0) is 45.7 Å². The van der Waals surface area contributed by atoms with Gasteiger partial charge in [0.1, 0.15) is 17.1 Å². The SMILES string of the molecule is CC(C)(C)OC(=O)[C@]12CCN[C@@H]1CCN(Cc1ccccc1)[C@H]2C(=O)O. The standard InChI is InChI=1S/C20H28N2O4/c1-19(2,3)26-18(25)20-10-11-21-15(20)9-12-22(16(20)17(23)24)13-14-7-5-4-6-8-14/h4-8,15-16,21H,9-13H2,1-3H3,(H,23,24)/t15-,16+,20-/m1/s1. The van der Waals surface area contributed by atoms with Crippen molar-refractivity contribution < 1.29 is 19.4 Å². The average molecular weight is 360 g/mol. The van der Waals surface area contributed by atoms with Crippen molar-refractivity contribution in [2.75, 3.05) is 13.1 Å². The summed E-state index contributed by atoms with van der Waals surface area (Å²) < 4.78 is 5.69. The van der Waals surface area contributed by atoms with Crippen molar-refractivity contribution in [1.29, 1.82) is 0 Å². The zero-order chi connectivity index (χ0) is 18.9. The summed E-state index contributed by atoms with van der Waals surface area (Å²) >= 11 is 0. The van der Waals surface area contributed by atoms with E-state index in [1.165, 1.54) is 0 Å².